The minimum atomic E-state index is -0.658. The molecule has 19 heavy (non-hydrogen) atoms. The van der Waals surface area contributed by atoms with Crippen molar-refractivity contribution in [3.8, 4) is 0 Å². The number of amides is 1. The van der Waals surface area contributed by atoms with E-state index in [1.54, 1.807) is 6.33 Å². The van der Waals surface area contributed by atoms with Gasteiger partial charge in [-0.1, -0.05) is 11.8 Å². The van der Waals surface area contributed by atoms with Crippen molar-refractivity contribution in [2.45, 2.75) is 48.9 Å². The highest BCUT2D eigenvalue weighted by Crippen LogP contribution is 2.37. The Labute approximate surface area is 116 Å². The van der Waals surface area contributed by atoms with Crippen LogP contribution in [0.5, 0.6) is 0 Å². The van der Waals surface area contributed by atoms with Crippen molar-refractivity contribution in [2.75, 3.05) is 12.3 Å². The molecule has 104 valence electrons. The van der Waals surface area contributed by atoms with Crippen molar-refractivity contribution in [1.82, 2.24) is 20.1 Å². The maximum atomic E-state index is 11.7. The molecule has 3 rings (SSSR count). The largest absolute Gasteiger partial charge is 0.388 e. The minimum absolute atomic E-state index is 0.0596. The van der Waals surface area contributed by atoms with Crippen LogP contribution in [-0.4, -0.2) is 43.7 Å². The van der Waals surface area contributed by atoms with E-state index in [1.165, 1.54) is 24.6 Å². The summed E-state index contributed by atoms with van der Waals surface area (Å²) in [5.41, 5.74) is -0.658. The molecular weight excluding hydrogens is 264 g/mol. The number of nitrogens with zero attached hydrogens (tertiary/aromatic N) is 3. The summed E-state index contributed by atoms with van der Waals surface area (Å²) in [6, 6.07) is 0.524. The Morgan fingerprint density at radius 3 is 3.00 bits per heavy atom. The lowest BCUT2D eigenvalue weighted by molar-refractivity contribution is -0.121. The predicted octanol–water partition coefficient (Wildman–Crippen LogP) is 0.736. The summed E-state index contributed by atoms with van der Waals surface area (Å²) >= 11 is 1.40. The van der Waals surface area contributed by atoms with Gasteiger partial charge in [-0.05, 0) is 32.1 Å². The summed E-state index contributed by atoms with van der Waals surface area (Å²) in [5.74, 6) is 0.261. The third kappa shape index (κ3) is 3.09. The van der Waals surface area contributed by atoms with Gasteiger partial charge in [-0.25, -0.2) is 0 Å². The van der Waals surface area contributed by atoms with Crippen molar-refractivity contribution in [3.05, 3.63) is 6.33 Å². The lowest BCUT2D eigenvalue weighted by atomic mass is 9.80. The van der Waals surface area contributed by atoms with Gasteiger partial charge < -0.3 is 15.0 Å². The normalized spacial score (nSPS) is 20.9. The van der Waals surface area contributed by atoms with Crippen LogP contribution in [0, 0.1) is 0 Å². The van der Waals surface area contributed by atoms with E-state index < -0.39 is 5.60 Å². The molecule has 2 aliphatic rings. The van der Waals surface area contributed by atoms with Gasteiger partial charge in [0.1, 0.15) is 6.33 Å². The topological polar surface area (TPSA) is 80.0 Å². The Balaban J connectivity index is 1.43. The Morgan fingerprint density at radius 1 is 1.58 bits per heavy atom. The highest BCUT2D eigenvalue weighted by molar-refractivity contribution is 7.99. The Bertz CT molecular complexity index is 468. The number of aliphatic hydroxyl groups is 1. The number of carbonyl (C=O) groups is 1. The van der Waals surface area contributed by atoms with Crippen LogP contribution in [-0.2, 0) is 4.79 Å². The molecule has 2 fully saturated rings. The quantitative estimate of drug-likeness (QED) is 0.752. The monoisotopic (exact) mass is 282 g/mol. The molecule has 1 amide bonds. The third-order valence-corrected chi connectivity index (χ3v) is 4.67. The summed E-state index contributed by atoms with van der Waals surface area (Å²) in [4.78, 5) is 11.7. The molecule has 0 spiro atoms. The number of rotatable bonds is 6. The second kappa shape index (κ2) is 5.13. The molecule has 0 aliphatic heterocycles. The van der Waals surface area contributed by atoms with E-state index in [2.05, 4.69) is 15.5 Å². The van der Waals surface area contributed by atoms with Crippen LogP contribution in [0.1, 0.15) is 38.1 Å². The Kier molecular flexibility index (Phi) is 3.49. The fourth-order valence-corrected chi connectivity index (χ4v) is 2.96. The molecule has 0 radical (unpaired) electrons. The maximum Gasteiger partial charge on any atom is 0.230 e. The average molecular weight is 282 g/mol. The Hall–Kier alpha value is -1.08. The second-order valence-corrected chi connectivity index (χ2v) is 6.34. The van der Waals surface area contributed by atoms with E-state index in [0.717, 1.165) is 24.4 Å². The SMILES string of the molecule is O=C(CSc1nncn1C1CC1)NCC1(O)CCC1. The van der Waals surface area contributed by atoms with Crippen molar-refractivity contribution in [3.63, 3.8) is 0 Å². The average Bonchev–Trinajstić information content (AvgIpc) is 3.11. The maximum absolute atomic E-state index is 11.7. The van der Waals surface area contributed by atoms with Gasteiger partial charge in [0.25, 0.3) is 0 Å². The van der Waals surface area contributed by atoms with E-state index in [1.807, 2.05) is 4.57 Å². The number of thioether (sulfide) groups is 1. The predicted molar refractivity (Wildman–Crippen MR) is 70.8 cm³/mol. The van der Waals surface area contributed by atoms with Gasteiger partial charge in [0.05, 0.1) is 11.4 Å². The first-order valence-corrected chi connectivity index (χ1v) is 7.66. The number of hydrogen-bond donors (Lipinski definition) is 2. The van der Waals surface area contributed by atoms with E-state index in [-0.39, 0.29) is 5.91 Å². The summed E-state index contributed by atoms with van der Waals surface area (Å²) in [5, 5.41) is 21.4. The first-order chi connectivity index (χ1) is 9.16. The van der Waals surface area contributed by atoms with Gasteiger partial charge in [0, 0.05) is 12.6 Å². The van der Waals surface area contributed by atoms with E-state index in [0.29, 0.717) is 18.3 Å². The van der Waals surface area contributed by atoms with Gasteiger partial charge in [-0.3, -0.25) is 4.79 Å². The van der Waals surface area contributed by atoms with Crippen LogP contribution in [0.15, 0.2) is 11.5 Å². The lowest BCUT2D eigenvalue weighted by Gasteiger charge is -2.36. The van der Waals surface area contributed by atoms with Gasteiger partial charge in [-0.15, -0.1) is 10.2 Å². The van der Waals surface area contributed by atoms with Gasteiger partial charge in [0.2, 0.25) is 5.91 Å². The molecule has 2 saturated carbocycles. The van der Waals surface area contributed by atoms with Gasteiger partial charge >= 0.3 is 0 Å². The van der Waals surface area contributed by atoms with Crippen LogP contribution < -0.4 is 5.32 Å². The van der Waals surface area contributed by atoms with Crippen LogP contribution in [0.25, 0.3) is 0 Å². The fraction of sp³-hybridized carbons (Fsp3) is 0.750. The van der Waals surface area contributed by atoms with Crippen LogP contribution >= 0.6 is 11.8 Å². The van der Waals surface area contributed by atoms with Crippen molar-refractivity contribution in [2.24, 2.45) is 0 Å². The highest BCUT2D eigenvalue weighted by Gasteiger charge is 2.34. The first kappa shape index (κ1) is 12.9. The molecule has 0 aromatic carbocycles. The zero-order chi connectivity index (χ0) is 13.3. The van der Waals surface area contributed by atoms with Crippen LogP contribution in [0.2, 0.25) is 0 Å². The van der Waals surface area contributed by atoms with Crippen molar-refractivity contribution < 1.29 is 9.90 Å². The first-order valence-electron chi connectivity index (χ1n) is 6.68. The molecule has 0 atom stereocenters. The number of carbonyl (C=O) groups excluding carboxylic acids is 1. The zero-order valence-electron chi connectivity index (χ0n) is 10.7. The fourth-order valence-electron chi connectivity index (χ4n) is 2.14. The lowest BCUT2D eigenvalue weighted by Crippen LogP contribution is -2.48. The summed E-state index contributed by atoms with van der Waals surface area (Å²) in [7, 11) is 0. The molecule has 0 bridgehead atoms. The smallest absolute Gasteiger partial charge is 0.230 e. The number of hydrogen-bond acceptors (Lipinski definition) is 5. The summed E-state index contributed by atoms with van der Waals surface area (Å²) < 4.78 is 2.04. The van der Waals surface area contributed by atoms with E-state index in [9.17, 15) is 9.90 Å². The van der Waals surface area contributed by atoms with Crippen molar-refractivity contribution in [1.29, 1.82) is 0 Å². The van der Waals surface area contributed by atoms with E-state index in [4.69, 9.17) is 0 Å². The van der Waals surface area contributed by atoms with Crippen LogP contribution in [0.3, 0.4) is 0 Å². The van der Waals surface area contributed by atoms with Crippen LogP contribution in [0.4, 0.5) is 0 Å². The molecule has 7 heteroatoms. The minimum Gasteiger partial charge on any atom is -0.388 e. The third-order valence-electron chi connectivity index (χ3n) is 3.71. The summed E-state index contributed by atoms with van der Waals surface area (Å²) in [6.07, 6.45) is 6.70. The highest BCUT2D eigenvalue weighted by atomic mass is 32.2. The van der Waals surface area contributed by atoms with Gasteiger partial charge in [-0.2, -0.15) is 0 Å². The molecule has 2 N–H and O–H groups in total. The second-order valence-electron chi connectivity index (χ2n) is 5.40. The van der Waals surface area contributed by atoms with Crippen molar-refractivity contribution >= 4 is 17.7 Å². The zero-order valence-corrected chi connectivity index (χ0v) is 11.5. The molecule has 1 aromatic rings. The molecule has 0 saturated heterocycles. The molecule has 1 heterocycles. The number of aromatic nitrogens is 3. The standard InChI is InChI=1S/C12H18N4O2S/c17-10(13-7-12(18)4-1-5-12)6-19-11-15-14-8-16(11)9-2-3-9/h8-9,18H,1-7H2,(H,13,17). The van der Waals surface area contributed by atoms with Gasteiger partial charge in [0.15, 0.2) is 5.16 Å². The molecule has 6 nitrogen and oxygen atoms in total. The molecule has 0 unspecified atom stereocenters. The van der Waals surface area contributed by atoms with E-state index >= 15 is 0 Å². The molecule has 2 aliphatic carbocycles. The molecule has 1 aromatic heterocycles. The Morgan fingerprint density at radius 2 is 2.37 bits per heavy atom. The summed E-state index contributed by atoms with van der Waals surface area (Å²) in [6.45, 7) is 0.363. The molecular formula is C12H18N4O2S. The number of nitrogens with one attached hydrogen (secondary N) is 1.